The van der Waals surface area contributed by atoms with Gasteiger partial charge >= 0.3 is 0 Å². The Bertz CT molecular complexity index is 379. The molecule has 1 rings (SSSR count). The molecule has 2 nitrogen and oxygen atoms in total. The zero-order valence-electron chi connectivity index (χ0n) is 8.68. The molecule has 0 atom stereocenters. The zero-order valence-corrected chi connectivity index (χ0v) is 10.3. The summed E-state index contributed by atoms with van der Waals surface area (Å²) >= 11 is 3.37. The van der Waals surface area contributed by atoms with E-state index >= 15 is 0 Å². The number of hydrogen-bond donors (Lipinski definition) is 2. The fourth-order valence-corrected chi connectivity index (χ4v) is 1.60. The molecule has 0 saturated heterocycles. The van der Waals surface area contributed by atoms with Crippen molar-refractivity contribution in [3.05, 3.63) is 28.2 Å². The highest BCUT2D eigenvalue weighted by molar-refractivity contribution is 9.10. The van der Waals surface area contributed by atoms with Gasteiger partial charge in [-0.1, -0.05) is 15.9 Å². The van der Waals surface area contributed by atoms with Crippen LogP contribution in [0.25, 0.3) is 0 Å². The first-order valence-electron chi connectivity index (χ1n) is 4.81. The number of hydrogen-bond acceptors (Lipinski definition) is 2. The van der Waals surface area contributed by atoms with Crippen LogP contribution in [-0.4, -0.2) is 11.7 Å². The summed E-state index contributed by atoms with van der Waals surface area (Å²) in [6, 6.07) is 5.42. The van der Waals surface area contributed by atoms with E-state index in [0.29, 0.717) is 12.3 Å². The van der Waals surface area contributed by atoms with E-state index in [2.05, 4.69) is 33.1 Å². The standard InChI is InChI=1S/C12H14BrNO/c1-2-3-4-7-14-9-10-8-11(13)5-6-12(10)15/h5-6,8,14-15H,4,7,9H2,1H3. The van der Waals surface area contributed by atoms with Gasteiger partial charge in [0.1, 0.15) is 5.75 Å². The SMILES string of the molecule is CC#CCCNCc1cc(Br)ccc1O. The molecule has 0 radical (unpaired) electrons. The molecule has 0 fully saturated rings. The van der Waals surface area contributed by atoms with Gasteiger partial charge in [-0.3, -0.25) is 0 Å². The van der Waals surface area contributed by atoms with E-state index in [1.165, 1.54) is 0 Å². The van der Waals surface area contributed by atoms with Crippen LogP contribution in [0.15, 0.2) is 22.7 Å². The smallest absolute Gasteiger partial charge is 0.120 e. The molecule has 0 aliphatic carbocycles. The molecule has 80 valence electrons. The third kappa shape index (κ3) is 4.37. The van der Waals surface area contributed by atoms with Crippen LogP contribution in [0, 0.1) is 11.8 Å². The lowest BCUT2D eigenvalue weighted by Gasteiger charge is -2.05. The Kier molecular flexibility index (Phi) is 5.23. The summed E-state index contributed by atoms with van der Waals surface area (Å²) in [5, 5.41) is 12.8. The first kappa shape index (κ1) is 12.1. The van der Waals surface area contributed by atoms with Crippen molar-refractivity contribution >= 4 is 15.9 Å². The molecule has 3 heteroatoms. The fraction of sp³-hybridized carbons (Fsp3) is 0.333. The molecule has 0 saturated carbocycles. The second-order valence-electron chi connectivity index (χ2n) is 3.13. The average Bonchev–Trinajstić information content (AvgIpc) is 2.23. The maximum atomic E-state index is 9.55. The molecule has 0 unspecified atom stereocenters. The zero-order chi connectivity index (χ0) is 11.1. The van der Waals surface area contributed by atoms with E-state index in [9.17, 15) is 5.11 Å². The van der Waals surface area contributed by atoms with Gasteiger partial charge in [-0.25, -0.2) is 0 Å². The fourth-order valence-electron chi connectivity index (χ4n) is 1.19. The van der Waals surface area contributed by atoms with Crippen LogP contribution >= 0.6 is 15.9 Å². The lowest BCUT2D eigenvalue weighted by molar-refractivity contribution is 0.464. The number of nitrogens with one attached hydrogen (secondary N) is 1. The number of aromatic hydroxyl groups is 1. The number of benzene rings is 1. The first-order valence-corrected chi connectivity index (χ1v) is 5.61. The molecule has 0 spiro atoms. The van der Waals surface area contributed by atoms with Crippen molar-refractivity contribution in [1.82, 2.24) is 5.32 Å². The van der Waals surface area contributed by atoms with Crippen LogP contribution in [0.3, 0.4) is 0 Å². The molecule has 0 bridgehead atoms. The summed E-state index contributed by atoms with van der Waals surface area (Å²) in [5.41, 5.74) is 0.897. The van der Waals surface area contributed by atoms with E-state index < -0.39 is 0 Å². The molecule has 0 heterocycles. The second-order valence-corrected chi connectivity index (χ2v) is 4.04. The van der Waals surface area contributed by atoms with Crippen molar-refractivity contribution in [3.63, 3.8) is 0 Å². The van der Waals surface area contributed by atoms with Gasteiger partial charge in [0, 0.05) is 29.5 Å². The lowest BCUT2D eigenvalue weighted by atomic mass is 10.2. The van der Waals surface area contributed by atoms with Crippen LogP contribution in [0.5, 0.6) is 5.75 Å². The Hall–Kier alpha value is -0.980. The summed E-state index contributed by atoms with van der Waals surface area (Å²) in [4.78, 5) is 0. The van der Waals surface area contributed by atoms with Crippen molar-refractivity contribution in [2.75, 3.05) is 6.54 Å². The van der Waals surface area contributed by atoms with Crippen molar-refractivity contribution in [1.29, 1.82) is 0 Å². The van der Waals surface area contributed by atoms with Crippen molar-refractivity contribution < 1.29 is 5.11 Å². The van der Waals surface area contributed by atoms with Gasteiger partial charge in [-0.2, -0.15) is 0 Å². The molecule has 1 aromatic rings. The summed E-state index contributed by atoms with van der Waals surface area (Å²) in [6.45, 7) is 3.34. The Morgan fingerprint density at radius 3 is 3.00 bits per heavy atom. The van der Waals surface area contributed by atoms with Crippen molar-refractivity contribution in [2.45, 2.75) is 19.9 Å². The largest absolute Gasteiger partial charge is 0.508 e. The first-order chi connectivity index (χ1) is 7.24. The van der Waals surface area contributed by atoms with E-state index in [1.807, 2.05) is 19.1 Å². The minimum absolute atomic E-state index is 0.326. The normalized spacial score (nSPS) is 9.47. The predicted molar refractivity (Wildman–Crippen MR) is 65.6 cm³/mol. The molecule has 2 N–H and O–H groups in total. The van der Waals surface area contributed by atoms with E-state index in [1.54, 1.807) is 6.07 Å². The van der Waals surface area contributed by atoms with Gasteiger partial charge in [-0.15, -0.1) is 11.8 Å². The van der Waals surface area contributed by atoms with E-state index in [0.717, 1.165) is 23.0 Å². The maximum absolute atomic E-state index is 9.55. The van der Waals surface area contributed by atoms with Gasteiger partial charge in [0.15, 0.2) is 0 Å². The molecule has 0 amide bonds. The van der Waals surface area contributed by atoms with E-state index in [-0.39, 0.29) is 0 Å². The number of halogens is 1. The highest BCUT2D eigenvalue weighted by atomic mass is 79.9. The van der Waals surface area contributed by atoms with Gasteiger partial charge in [0.05, 0.1) is 0 Å². The summed E-state index contributed by atoms with van der Waals surface area (Å²) in [6.07, 6.45) is 0.839. The predicted octanol–water partition coefficient (Wildman–Crippen LogP) is 2.66. The lowest BCUT2D eigenvalue weighted by Crippen LogP contribution is -2.14. The van der Waals surface area contributed by atoms with Crippen LogP contribution in [-0.2, 0) is 6.54 Å². The molecule has 0 aliphatic heterocycles. The molecular formula is C12H14BrNO. The van der Waals surface area contributed by atoms with Crippen molar-refractivity contribution in [3.8, 4) is 17.6 Å². The third-order valence-corrected chi connectivity index (χ3v) is 2.45. The topological polar surface area (TPSA) is 32.3 Å². The van der Waals surface area contributed by atoms with E-state index in [4.69, 9.17) is 0 Å². The minimum Gasteiger partial charge on any atom is -0.508 e. The Balaban J connectivity index is 2.42. The van der Waals surface area contributed by atoms with Gasteiger partial charge in [0.2, 0.25) is 0 Å². The van der Waals surface area contributed by atoms with Crippen molar-refractivity contribution in [2.24, 2.45) is 0 Å². The van der Waals surface area contributed by atoms with Gasteiger partial charge in [0.25, 0.3) is 0 Å². The summed E-state index contributed by atoms with van der Waals surface area (Å²) in [5.74, 6) is 6.14. The van der Waals surface area contributed by atoms with Crippen LogP contribution in [0.2, 0.25) is 0 Å². The summed E-state index contributed by atoms with van der Waals surface area (Å²) < 4.78 is 0.977. The molecule has 0 aromatic heterocycles. The van der Waals surface area contributed by atoms with Crippen LogP contribution in [0.1, 0.15) is 18.9 Å². The summed E-state index contributed by atoms with van der Waals surface area (Å²) in [7, 11) is 0. The minimum atomic E-state index is 0.326. The Labute approximate surface area is 98.8 Å². The monoisotopic (exact) mass is 267 g/mol. The Morgan fingerprint density at radius 1 is 1.47 bits per heavy atom. The highest BCUT2D eigenvalue weighted by Crippen LogP contribution is 2.21. The number of rotatable bonds is 4. The molecule has 0 aliphatic rings. The molecular weight excluding hydrogens is 254 g/mol. The number of phenols is 1. The third-order valence-electron chi connectivity index (χ3n) is 1.96. The Morgan fingerprint density at radius 2 is 2.27 bits per heavy atom. The molecule has 1 aromatic carbocycles. The maximum Gasteiger partial charge on any atom is 0.120 e. The van der Waals surface area contributed by atoms with Crippen LogP contribution < -0.4 is 5.32 Å². The second kappa shape index (κ2) is 6.49. The quantitative estimate of drug-likeness (QED) is 0.650. The highest BCUT2D eigenvalue weighted by Gasteiger charge is 2.00. The number of phenolic OH excluding ortho intramolecular Hbond substituents is 1. The van der Waals surface area contributed by atoms with Gasteiger partial charge < -0.3 is 10.4 Å². The average molecular weight is 268 g/mol. The van der Waals surface area contributed by atoms with Gasteiger partial charge in [-0.05, 0) is 25.1 Å². The van der Waals surface area contributed by atoms with Crippen LogP contribution in [0.4, 0.5) is 0 Å². The molecule has 15 heavy (non-hydrogen) atoms.